The number of hydrogen-bond donors (Lipinski definition) is 1. The van der Waals surface area contributed by atoms with E-state index in [0.717, 1.165) is 34.3 Å². The lowest BCUT2D eigenvalue weighted by molar-refractivity contribution is 0.936. The molecule has 0 aliphatic rings. The molecule has 0 spiro atoms. The molecule has 0 aliphatic carbocycles. The normalized spacial score (nSPS) is 10.7. The van der Waals surface area contributed by atoms with Gasteiger partial charge in [-0.15, -0.1) is 0 Å². The molecule has 0 atom stereocenters. The van der Waals surface area contributed by atoms with Crippen LogP contribution in [-0.4, -0.2) is 19.5 Å². The molecule has 0 aliphatic heterocycles. The Morgan fingerprint density at radius 2 is 1.75 bits per heavy atom. The number of nitrogen functional groups attached to an aromatic ring is 1. The molecule has 5 heteroatoms. The number of nitrogens with two attached hydrogens (primary N) is 1. The largest absolute Gasteiger partial charge is 0.399 e. The fourth-order valence-corrected chi connectivity index (χ4v) is 1.98. The molecule has 0 unspecified atom stereocenters. The average Bonchev–Trinajstić information content (AvgIpc) is 2.92. The van der Waals surface area contributed by atoms with Crippen LogP contribution in [0.15, 0.2) is 42.9 Å². The number of aromatic nitrogens is 4. The maximum absolute atomic E-state index is 5.72. The molecule has 1 aromatic carbocycles. The van der Waals surface area contributed by atoms with Crippen LogP contribution in [0.3, 0.4) is 0 Å². The van der Waals surface area contributed by atoms with Crippen molar-refractivity contribution < 1.29 is 0 Å². The summed E-state index contributed by atoms with van der Waals surface area (Å²) in [5.74, 6) is 1.58. The molecule has 2 N–H and O–H groups in total. The monoisotopic (exact) mass is 265 g/mol. The zero-order valence-corrected chi connectivity index (χ0v) is 11.4. The number of nitrogens with zero attached hydrogens (tertiary/aromatic N) is 4. The fraction of sp³-hybridized carbons (Fsp3) is 0.133. The second kappa shape index (κ2) is 4.77. The van der Waals surface area contributed by atoms with Gasteiger partial charge in [0.1, 0.15) is 5.82 Å². The van der Waals surface area contributed by atoms with Gasteiger partial charge in [0.2, 0.25) is 0 Å². The lowest BCUT2D eigenvalue weighted by Crippen LogP contribution is -2.03. The predicted molar refractivity (Wildman–Crippen MR) is 78.5 cm³/mol. The van der Waals surface area contributed by atoms with Crippen LogP contribution in [0.5, 0.6) is 0 Å². The summed E-state index contributed by atoms with van der Waals surface area (Å²) in [5, 5.41) is 0. The molecular formula is C15H15N5. The van der Waals surface area contributed by atoms with Crippen LogP contribution in [-0.2, 0) is 0 Å². The Labute approximate surface area is 117 Å². The van der Waals surface area contributed by atoms with E-state index >= 15 is 0 Å². The van der Waals surface area contributed by atoms with Crippen molar-refractivity contribution in [1.29, 1.82) is 0 Å². The summed E-state index contributed by atoms with van der Waals surface area (Å²) in [6, 6.07) is 7.62. The highest BCUT2D eigenvalue weighted by Gasteiger charge is 2.09. The van der Waals surface area contributed by atoms with Gasteiger partial charge in [0.05, 0.1) is 17.6 Å². The van der Waals surface area contributed by atoms with E-state index in [9.17, 15) is 0 Å². The summed E-state index contributed by atoms with van der Waals surface area (Å²) in [5.41, 5.74) is 9.29. The first-order chi connectivity index (χ1) is 9.65. The maximum Gasteiger partial charge on any atom is 0.157 e. The highest BCUT2D eigenvalue weighted by atomic mass is 15.1. The van der Waals surface area contributed by atoms with E-state index in [1.54, 1.807) is 12.4 Å². The first kappa shape index (κ1) is 12.3. The second-order valence-electron chi connectivity index (χ2n) is 4.64. The molecule has 0 saturated carbocycles. The first-order valence-corrected chi connectivity index (χ1v) is 6.35. The number of hydrogen-bond acceptors (Lipinski definition) is 4. The molecule has 0 saturated heterocycles. The van der Waals surface area contributed by atoms with Crippen molar-refractivity contribution in [1.82, 2.24) is 19.5 Å². The molecule has 5 nitrogen and oxygen atoms in total. The molecule has 0 radical (unpaired) electrons. The van der Waals surface area contributed by atoms with Crippen molar-refractivity contribution in [3.8, 4) is 17.2 Å². The Bertz CT molecular complexity index is 743. The minimum Gasteiger partial charge on any atom is -0.399 e. The zero-order valence-electron chi connectivity index (χ0n) is 11.4. The Balaban J connectivity index is 2.10. The lowest BCUT2D eigenvalue weighted by atomic mass is 10.2. The zero-order chi connectivity index (χ0) is 14.1. The maximum atomic E-state index is 5.72. The molecule has 0 amide bonds. The first-order valence-electron chi connectivity index (χ1n) is 6.35. The number of imidazole rings is 1. The summed E-state index contributed by atoms with van der Waals surface area (Å²) in [4.78, 5) is 13.3. The fourth-order valence-electron chi connectivity index (χ4n) is 1.98. The number of rotatable bonds is 2. The van der Waals surface area contributed by atoms with Crippen LogP contribution in [0, 0.1) is 13.8 Å². The SMILES string of the molecule is Cc1ncc(-n2ccnc2-c2ccc(N)cc2)nc1C. The van der Waals surface area contributed by atoms with Crippen molar-refractivity contribution >= 4 is 5.69 Å². The van der Waals surface area contributed by atoms with Crippen LogP contribution in [0.25, 0.3) is 17.2 Å². The van der Waals surface area contributed by atoms with Gasteiger partial charge in [-0.05, 0) is 38.1 Å². The van der Waals surface area contributed by atoms with Gasteiger partial charge >= 0.3 is 0 Å². The minimum atomic E-state index is 0.734. The standard InChI is InChI=1S/C15H15N5/c1-10-11(2)19-14(9-18-10)20-8-7-17-15(20)12-3-5-13(16)6-4-12/h3-9H,16H2,1-2H3. The highest BCUT2D eigenvalue weighted by Crippen LogP contribution is 2.21. The second-order valence-corrected chi connectivity index (χ2v) is 4.64. The van der Waals surface area contributed by atoms with E-state index in [1.807, 2.05) is 48.9 Å². The van der Waals surface area contributed by atoms with Crippen LogP contribution in [0.1, 0.15) is 11.4 Å². The molecule has 20 heavy (non-hydrogen) atoms. The molecule has 100 valence electrons. The summed E-state index contributed by atoms with van der Waals surface area (Å²) in [6.45, 7) is 3.90. The topological polar surface area (TPSA) is 69.6 Å². The van der Waals surface area contributed by atoms with Crippen molar-refractivity contribution in [2.75, 3.05) is 5.73 Å². The predicted octanol–water partition coefficient (Wildman–Crippen LogP) is 2.53. The highest BCUT2D eigenvalue weighted by molar-refractivity contribution is 5.60. The van der Waals surface area contributed by atoms with Crippen molar-refractivity contribution in [2.24, 2.45) is 0 Å². The summed E-state index contributed by atoms with van der Waals surface area (Å²) >= 11 is 0. The van der Waals surface area contributed by atoms with Gasteiger partial charge in [-0.2, -0.15) is 0 Å². The van der Waals surface area contributed by atoms with Crippen LogP contribution in [0.2, 0.25) is 0 Å². The van der Waals surface area contributed by atoms with Crippen molar-refractivity contribution in [2.45, 2.75) is 13.8 Å². The summed E-state index contributed by atoms with van der Waals surface area (Å²) < 4.78 is 1.92. The molecule has 3 aromatic rings. The number of anilines is 1. The third-order valence-corrected chi connectivity index (χ3v) is 3.24. The molecule has 0 fully saturated rings. The van der Waals surface area contributed by atoms with Gasteiger partial charge in [0, 0.05) is 23.6 Å². The molecule has 0 bridgehead atoms. The summed E-state index contributed by atoms with van der Waals surface area (Å²) in [6.07, 6.45) is 5.39. The van der Waals surface area contributed by atoms with Crippen LogP contribution >= 0.6 is 0 Å². The minimum absolute atomic E-state index is 0.734. The van der Waals surface area contributed by atoms with E-state index in [2.05, 4.69) is 15.0 Å². The van der Waals surface area contributed by atoms with E-state index in [-0.39, 0.29) is 0 Å². The van der Waals surface area contributed by atoms with Gasteiger partial charge in [-0.1, -0.05) is 0 Å². The Morgan fingerprint density at radius 1 is 1.00 bits per heavy atom. The molecule has 2 aromatic heterocycles. The van der Waals surface area contributed by atoms with Crippen LogP contribution < -0.4 is 5.73 Å². The molecule has 3 rings (SSSR count). The van der Waals surface area contributed by atoms with Gasteiger partial charge in [-0.3, -0.25) is 9.55 Å². The molecule has 2 heterocycles. The van der Waals surface area contributed by atoms with E-state index in [4.69, 9.17) is 5.73 Å². The smallest absolute Gasteiger partial charge is 0.157 e. The average molecular weight is 265 g/mol. The Kier molecular flexibility index (Phi) is 2.95. The third kappa shape index (κ3) is 2.14. The van der Waals surface area contributed by atoms with Gasteiger partial charge in [0.15, 0.2) is 5.82 Å². The Morgan fingerprint density at radius 3 is 2.45 bits per heavy atom. The van der Waals surface area contributed by atoms with Gasteiger partial charge in [-0.25, -0.2) is 9.97 Å². The van der Waals surface area contributed by atoms with Gasteiger partial charge < -0.3 is 5.73 Å². The quantitative estimate of drug-likeness (QED) is 0.723. The number of aryl methyl sites for hydroxylation is 2. The van der Waals surface area contributed by atoms with Crippen molar-refractivity contribution in [3.05, 3.63) is 54.2 Å². The lowest BCUT2D eigenvalue weighted by Gasteiger charge is -2.08. The molecular weight excluding hydrogens is 250 g/mol. The van der Waals surface area contributed by atoms with Gasteiger partial charge in [0.25, 0.3) is 0 Å². The van der Waals surface area contributed by atoms with Crippen molar-refractivity contribution in [3.63, 3.8) is 0 Å². The Hall–Kier alpha value is -2.69. The van der Waals surface area contributed by atoms with E-state index in [1.165, 1.54) is 0 Å². The van der Waals surface area contributed by atoms with Crippen LogP contribution in [0.4, 0.5) is 5.69 Å². The van der Waals surface area contributed by atoms with E-state index < -0.39 is 0 Å². The third-order valence-electron chi connectivity index (χ3n) is 3.24. The number of benzene rings is 1. The summed E-state index contributed by atoms with van der Waals surface area (Å²) in [7, 11) is 0. The van der Waals surface area contributed by atoms with E-state index in [0.29, 0.717) is 0 Å².